The summed E-state index contributed by atoms with van der Waals surface area (Å²) in [7, 11) is 0. The molecule has 0 saturated carbocycles. The highest BCUT2D eigenvalue weighted by Crippen LogP contribution is 2.42. The molecule has 0 bridgehead atoms. The minimum atomic E-state index is -0.176. The van der Waals surface area contributed by atoms with Gasteiger partial charge in [0.25, 0.3) is 5.91 Å². The van der Waals surface area contributed by atoms with Gasteiger partial charge < -0.3 is 16.2 Å². The van der Waals surface area contributed by atoms with Gasteiger partial charge in [-0.05, 0) is 67.8 Å². The number of carbonyl (C=O) groups is 1. The topological polar surface area (TPSA) is 88.2 Å². The monoisotopic (exact) mass is 465 g/mol. The Morgan fingerprint density at radius 2 is 1.96 bits per heavy atom. The van der Waals surface area contributed by atoms with Crippen molar-refractivity contribution in [3.05, 3.63) is 44.3 Å². The fraction of sp³-hybridized carbons (Fsp3) is 0. The smallest absolute Gasteiger partial charge is 0.256 e. The summed E-state index contributed by atoms with van der Waals surface area (Å²) in [6.07, 6.45) is 1.78. The van der Waals surface area contributed by atoms with Crippen molar-refractivity contribution in [1.29, 1.82) is 0 Å². The second kappa shape index (κ2) is 5.58. The van der Waals surface area contributed by atoms with Crippen molar-refractivity contribution in [2.45, 2.75) is 0 Å². The Morgan fingerprint density at radius 1 is 1.25 bits per heavy atom. The van der Waals surface area contributed by atoms with Crippen molar-refractivity contribution in [2.75, 3.05) is 11.1 Å². The van der Waals surface area contributed by atoms with E-state index in [0.717, 1.165) is 27.0 Å². The van der Waals surface area contributed by atoms with Gasteiger partial charge in [-0.3, -0.25) is 4.79 Å². The minimum absolute atomic E-state index is 0.117. The number of nitrogens with one attached hydrogen (secondary N) is 1. The van der Waals surface area contributed by atoms with E-state index in [0.29, 0.717) is 19.7 Å². The highest BCUT2D eigenvalue weighted by atomic mass is 79.9. The number of aromatic hydroxyl groups is 1. The van der Waals surface area contributed by atoms with Gasteiger partial charge in [0.15, 0.2) is 5.13 Å². The fourth-order valence-corrected chi connectivity index (χ4v) is 4.77. The molecule has 120 valence electrons. The Labute approximate surface area is 157 Å². The van der Waals surface area contributed by atoms with Crippen LogP contribution >= 0.6 is 43.2 Å². The summed E-state index contributed by atoms with van der Waals surface area (Å²) < 4.78 is 1.97. The number of phenols is 1. The number of thiazole rings is 1. The Morgan fingerprint density at radius 3 is 2.67 bits per heavy atom. The van der Waals surface area contributed by atoms with Crippen LogP contribution in [0, 0.1) is 0 Å². The molecule has 2 aromatic carbocycles. The molecule has 0 saturated heterocycles. The molecule has 0 atom stereocenters. The standard InChI is InChI=1S/C16H9Br2N3O2S/c17-8-4-6(5-9(18)13(8)22)3-7-12-10(20-15(7)23)1-2-11-14(12)24-16(19)21-11/h1-5,22H,(H2,19,21)(H,20,23)/b7-3-. The molecule has 0 radical (unpaired) electrons. The number of rotatable bonds is 1. The maximum Gasteiger partial charge on any atom is 0.256 e. The SMILES string of the molecule is Nc1nc2ccc3c(c2s1)/C(=C/c1cc(Br)c(O)c(Br)c1)C(=O)N3. The average Bonchev–Trinajstić information content (AvgIpc) is 3.04. The van der Waals surface area contributed by atoms with E-state index in [1.807, 2.05) is 12.1 Å². The molecule has 5 nitrogen and oxygen atoms in total. The van der Waals surface area contributed by atoms with Gasteiger partial charge in [0.2, 0.25) is 0 Å². The number of nitrogens with zero attached hydrogens (tertiary/aromatic N) is 1. The third-order valence-electron chi connectivity index (χ3n) is 3.69. The molecule has 0 aliphatic carbocycles. The summed E-state index contributed by atoms with van der Waals surface area (Å²) in [5, 5.41) is 13.2. The Bertz CT molecular complexity index is 1040. The van der Waals surface area contributed by atoms with Crippen molar-refractivity contribution in [2.24, 2.45) is 0 Å². The molecule has 1 amide bonds. The van der Waals surface area contributed by atoms with Gasteiger partial charge in [0, 0.05) is 5.56 Å². The number of carbonyl (C=O) groups excluding carboxylic acids is 1. The van der Waals surface area contributed by atoms with Crippen molar-refractivity contribution in [3.8, 4) is 5.75 Å². The van der Waals surface area contributed by atoms with Crippen LogP contribution < -0.4 is 11.1 Å². The first kappa shape index (κ1) is 15.6. The van der Waals surface area contributed by atoms with Gasteiger partial charge >= 0.3 is 0 Å². The molecule has 1 aliphatic heterocycles. The lowest BCUT2D eigenvalue weighted by atomic mass is 10.0. The number of anilines is 2. The van der Waals surface area contributed by atoms with Crippen LogP contribution in [0.1, 0.15) is 11.1 Å². The van der Waals surface area contributed by atoms with Crippen LogP contribution in [0.3, 0.4) is 0 Å². The van der Waals surface area contributed by atoms with Crippen LogP contribution in [0.15, 0.2) is 33.2 Å². The van der Waals surface area contributed by atoms with E-state index in [4.69, 9.17) is 5.73 Å². The van der Waals surface area contributed by atoms with Gasteiger partial charge in [0.1, 0.15) is 5.75 Å². The van der Waals surface area contributed by atoms with Crippen LogP contribution in [0.4, 0.5) is 10.8 Å². The quantitative estimate of drug-likeness (QED) is 0.457. The van der Waals surface area contributed by atoms with Crippen LogP contribution in [0.5, 0.6) is 5.75 Å². The number of nitrogens with two attached hydrogens (primary N) is 1. The summed E-state index contributed by atoms with van der Waals surface area (Å²) in [5.41, 5.74) is 9.47. The van der Waals surface area contributed by atoms with Gasteiger partial charge in [-0.2, -0.15) is 0 Å². The second-order valence-electron chi connectivity index (χ2n) is 5.23. The number of hydrogen-bond acceptors (Lipinski definition) is 5. The van der Waals surface area contributed by atoms with Crippen molar-refractivity contribution >= 4 is 81.8 Å². The Kier molecular flexibility index (Phi) is 3.63. The largest absolute Gasteiger partial charge is 0.506 e. The molecule has 4 rings (SSSR count). The maximum absolute atomic E-state index is 12.4. The molecule has 24 heavy (non-hydrogen) atoms. The van der Waals surface area contributed by atoms with E-state index in [9.17, 15) is 9.90 Å². The lowest BCUT2D eigenvalue weighted by molar-refractivity contribution is -0.110. The third kappa shape index (κ3) is 2.42. The zero-order valence-electron chi connectivity index (χ0n) is 11.9. The van der Waals surface area contributed by atoms with E-state index in [1.165, 1.54) is 11.3 Å². The highest BCUT2D eigenvalue weighted by molar-refractivity contribution is 9.11. The predicted octanol–water partition coefficient (Wildman–Crippen LogP) is 4.60. The van der Waals surface area contributed by atoms with E-state index in [-0.39, 0.29) is 11.7 Å². The van der Waals surface area contributed by atoms with Gasteiger partial charge in [-0.25, -0.2) is 4.98 Å². The van der Waals surface area contributed by atoms with Crippen LogP contribution in [-0.4, -0.2) is 16.0 Å². The number of benzene rings is 2. The lowest BCUT2D eigenvalue weighted by Gasteiger charge is -2.04. The summed E-state index contributed by atoms with van der Waals surface area (Å²) >= 11 is 7.96. The molecule has 4 N–H and O–H groups in total. The zero-order chi connectivity index (χ0) is 17.0. The van der Waals surface area contributed by atoms with Crippen molar-refractivity contribution < 1.29 is 9.90 Å². The third-order valence-corrected chi connectivity index (χ3v) is 5.81. The van der Waals surface area contributed by atoms with Crippen molar-refractivity contribution in [1.82, 2.24) is 4.98 Å². The number of fused-ring (bicyclic) bond motifs is 3. The molecule has 0 spiro atoms. The fourth-order valence-electron chi connectivity index (χ4n) is 2.66. The van der Waals surface area contributed by atoms with Crippen LogP contribution in [-0.2, 0) is 4.79 Å². The molecule has 1 aromatic heterocycles. The van der Waals surface area contributed by atoms with E-state index < -0.39 is 0 Å². The first-order valence-corrected chi connectivity index (χ1v) is 9.25. The lowest BCUT2D eigenvalue weighted by Crippen LogP contribution is -2.03. The maximum atomic E-state index is 12.4. The minimum Gasteiger partial charge on any atom is -0.506 e. The second-order valence-corrected chi connectivity index (χ2v) is 7.97. The summed E-state index contributed by atoms with van der Waals surface area (Å²) in [5.74, 6) is -0.0594. The number of phenolic OH excluding ortho intramolecular Hbond substituents is 1. The predicted molar refractivity (Wildman–Crippen MR) is 104 cm³/mol. The molecule has 3 aromatic rings. The average molecular weight is 467 g/mol. The summed E-state index contributed by atoms with van der Waals surface area (Å²) in [6, 6.07) is 7.18. The molecule has 0 fully saturated rings. The number of nitrogen functional groups attached to an aromatic ring is 1. The number of amides is 1. The molecule has 0 unspecified atom stereocenters. The molecular formula is C16H9Br2N3O2S. The number of hydrogen-bond donors (Lipinski definition) is 3. The number of halogens is 2. The van der Waals surface area contributed by atoms with E-state index >= 15 is 0 Å². The van der Waals surface area contributed by atoms with E-state index in [2.05, 4.69) is 42.2 Å². The number of aromatic nitrogens is 1. The normalized spacial score (nSPS) is 15.1. The zero-order valence-corrected chi connectivity index (χ0v) is 15.9. The molecule has 8 heteroatoms. The summed E-state index contributed by atoms with van der Waals surface area (Å²) in [4.78, 5) is 16.7. The Balaban J connectivity index is 1.95. The first-order valence-electron chi connectivity index (χ1n) is 6.84. The first-order chi connectivity index (χ1) is 11.4. The van der Waals surface area contributed by atoms with Crippen LogP contribution in [0.2, 0.25) is 0 Å². The Hall–Kier alpha value is -1.90. The molecular weight excluding hydrogens is 458 g/mol. The van der Waals surface area contributed by atoms with Gasteiger partial charge in [0.05, 0.1) is 30.4 Å². The molecule has 1 aliphatic rings. The summed E-state index contributed by atoms with van der Waals surface area (Å²) in [6.45, 7) is 0. The highest BCUT2D eigenvalue weighted by Gasteiger charge is 2.27. The van der Waals surface area contributed by atoms with Crippen molar-refractivity contribution in [3.63, 3.8) is 0 Å². The van der Waals surface area contributed by atoms with Gasteiger partial charge in [-0.1, -0.05) is 11.3 Å². The van der Waals surface area contributed by atoms with Crippen LogP contribution in [0.25, 0.3) is 21.9 Å². The molecule has 2 heterocycles. The van der Waals surface area contributed by atoms with E-state index in [1.54, 1.807) is 18.2 Å². The van der Waals surface area contributed by atoms with Gasteiger partial charge in [-0.15, -0.1) is 0 Å².